The molecule has 1 N–H and O–H groups in total. The van der Waals surface area contributed by atoms with Gasteiger partial charge in [-0.2, -0.15) is 0 Å². The maximum absolute atomic E-state index is 10.9. The highest BCUT2D eigenvalue weighted by atomic mass is 16.4. The Balaban J connectivity index is 2.13. The van der Waals surface area contributed by atoms with Gasteiger partial charge >= 0.3 is 5.97 Å². The van der Waals surface area contributed by atoms with Gasteiger partial charge in [0.1, 0.15) is 0 Å². The van der Waals surface area contributed by atoms with E-state index in [0.717, 1.165) is 23.1 Å². The Bertz CT molecular complexity index is 826. The Morgan fingerprint density at radius 3 is 2.43 bits per heavy atom. The Kier molecular flexibility index (Phi) is 9.04. The zero-order valence-corrected chi connectivity index (χ0v) is 16.8. The number of carboxylic acids is 1. The van der Waals surface area contributed by atoms with Crippen molar-refractivity contribution in [2.24, 2.45) is 0 Å². The largest absolute Gasteiger partial charge is 0.480 e. The van der Waals surface area contributed by atoms with Gasteiger partial charge in [-0.05, 0) is 43.1 Å². The zero-order valence-electron chi connectivity index (χ0n) is 16.8. The number of hydrogen-bond acceptors (Lipinski definition) is 2. The maximum Gasteiger partial charge on any atom is 0.317 e. The average molecular weight is 376 g/mol. The summed E-state index contributed by atoms with van der Waals surface area (Å²) in [6.07, 6.45) is 6.84. The molecule has 0 atom stereocenters. The van der Waals surface area contributed by atoms with Crippen LogP contribution in [0.4, 0.5) is 0 Å². The molecule has 28 heavy (non-hydrogen) atoms. The number of carbonyl (C=O) groups is 1. The first-order valence-electron chi connectivity index (χ1n) is 9.85. The molecule has 0 bridgehead atoms. The highest BCUT2D eigenvalue weighted by Gasteiger charge is 2.04. The van der Waals surface area contributed by atoms with Gasteiger partial charge in [0, 0.05) is 17.7 Å². The lowest BCUT2D eigenvalue weighted by Crippen LogP contribution is -2.25. The summed E-state index contributed by atoms with van der Waals surface area (Å²) in [5.74, 6) is 5.69. The molecule has 3 heteroatoms. The van der Waals surface area contributed by atoms with E-state index >= 15 is 0 Å². The van der Waals surface area contributed by atoms with Crippen molar-refractivity contribution in [2.75, 3.05) is 20.1 Å². The lowest BCUT2D eigenvalue weighted by molar-refractivity contribution is -0.137. The molecular weight excluding hydrogens is 346 g/mol. The van der Waals surface area contributed by atoms with Crippen molar-refractivity contribution in [3.05, 3.63) is 77.4 Å². The minimum atomic E-state index is -0.831. The van der Waals surface area contributed by atoms with Crippen molar-refractivity contribution in [2.45, 2.75) is 32.6 Å². The summed E-state index contributed by atoms with van der Waals surface area (Å²) in [6, 6.07) is 18.5. The van der Waals surface area contributed by atoms with E-state index < -0.39 is 5.97 Å². The van der Waals surface area contributed by atoms with Crippen molar-refractivity contribution < 1.29 is 9.90 Å². The lowest BCUT2D eigenvalue weighted by atomic mass is 10.0. The van der Waals surface area contributed by atoms with Crippen LogP contribution in [0.25, 0.3) is 5.57 Å². The highest BCUT2D eigenvalue weighted by Crippen LogP contribution is 2.14. The van der Waals surface area contributed by atoms with E-state index in [9.17, 15) is 4.79 Å². The lowest BCUT2D eigenvalue weighted by Gasteiger charge is -2.11. The monoisotopic (exact) mass is 375 g/mol. The third-order valence-electron chi connectivity index (χ3n) is 4.46. The molecule has 0 aliphatic heterocycles. The second kappa shape index (κ2) is 11.8. The third kappa shape index (κ3) is 7.82. The van der Waals surface area contributed by atoms with Crippen LogP contribution in [0.2, 0.25) is 0 Å². The molecule has 0 radical (unpaired) electrons. The molecule has 0 amide bonds. The van der Waals surface area contributed by atoms with Crippen LogP contribution in [0.5, 0.6) is 0 Å². The number of likely N-dealkylation sites (N-methyl/N-ethyl adjacent to an activating group) is 1. The number of benzene rings is 2. The zero-order chi connectivity index (χ0) is 20.2. The summed E-state index contributed by atoms with van der Waals surface area (Å²) in [7, 11) is 1.79. The quantitative estimate of drug-likeness (QED) is 0.502. The van der Waals surface area contributed by atoms with E-state index in [1.54, 1.807) is 11.9 Å². The van der Waals surface area contributed by atoms with Crippen molar-refractivity contribution in [3.8, 4) is 11.8 Å². The fourth-order valence-electron chi connectivity index (χ4n) is 2.87. The van der Waals surface area contributed by atoms with Crippen molar-refractivity contribution in [3.63, 3.8) is 0 Å². The predicted molar refractivity (Wildman–Crippen MR) is 116 cm³/mol. The summed E-state index contributed by atoms with van der Waals surface area (Å²) < 4.78 is 0. The number of aliphatic carboxylic acids is 1. The number of carboxylic acid groups (broad SMARTS) is 1. The molecular formula is C25H29NO2. The number of aryl methyl sites for hydroxylation is 1. The van der Waals surface area contributed by atoms with E-state index in [1.165, 1.54) is 24.8 Å². The van der Waals surface area contributed by atoms with E-state index in [4.69, 9.17) is 5.11 Å². The summed E-state index contributed by atoms with van der Waals surface area (Å²) in [4.78, 5) is 12.6. The van der Waals surface area contributed by atoms with E-state index in [2.05, 4.69) is 43.0 Å². The van der Waals surface area contributed by atoms with Gasteiger partial charge in [-0.3, -0.25) is 9.69 Å². The SMILES string of the molecule is CCCCCc1ccc(C#CC(=CCN(C)CC(=O)O)c2ccccc2)cc1. The Labute approximate surface area is 168 Å². The summed E-state index contributed by atoms with van der Waals surface area (Å²) in [6.45, 7) is 2.75. The maximum atomic E-state index is 10.9. The molecule has 0 aliphatic carbocycles. The summed E-state index contributed by atoms with van der Waals surface area (Å²) in [5.41, 5.74) is 4.29. The highest BCUT2D eigenvalue weighted by molar-refractivity contribution is 5.79. The molecule has 146 valence electrons. The molecule has 0 fully saturated rings. The van der Waals surface area contributed by atoms with Crippen LogP contribution in [0.15, 0.2) is 60.7 Å². The van der Waals surface area contributed by atoms with E-state index in [0.29, 0.717) is 6.54 Å². The normalized spacial score (nSPS) is 11.2. The van der Waals surface area contributed by atoms with E-state index in [1.807, 2.05) is 36.4 Å². The van der Waals surface area contributed by atoms with Gasteiger partial charge in [-0.15, -0.1) is 0 Å². The van der Waals surface area contributed by atoms with Gasteiger partial charge in [0.15, 0.2) is 0 Å². The topological polar surface area (TPSA) is 40.5 Å². The fraction of sp³-hybridized carbons (Fsp3) is 0.320. The smallest absolute Gasteiger partial charge is 0.317 e. The van der Waals surface area contributed by atoms with E-state index in [-0.39, 0.29) is 6.54 Å². The number of rotatable bonds is 9. The first-order chi connectivity index (χ1) is 13.6. The van der Waals surface area contributed by atoms with Crippen LogP contribution >= 0.6 is 0 Å². The first kappa shape index (κ1) is 21.5. The van der Waals surface area contributed by atoms with Gasteiger partial charge < -0.3 is 5.11 Å². The molecule has 0 spiro atoms. The number of hydrogen-bond donors (Lipinski definition) is 1. The second-order valence-corrected chi connectivity index (χ2v) is 6.98. The Hall–Kier alpha value is -2.83. The Morgan fingerprint density at radius 1 is 1.07 bits per heavy atom. The minimum absolute atomic E-state index is 0.00545. The fourth-order valence-corrected chi connectivity index (χ4v) is 2.87. The molecule has 0 saturated heterocycles. The minimum Gasteiger partial charge on any atom is -0.480 e. The van der Waals surface area contributed by atoms with Gasteiger partial charge in [0.25, 0.3) is 0 Å². The van der Waals surface area contributed by atoms with Crippen LogP contribution in [0.3, 0.4) is 0 Å². The first-order valence-corrected chi connectivity index (χ1v) is 9.85. The molecule has 0 saturated carbocycles. The van der Waals surface area contributed by atoms with Gasteiger partial charge in [-0.25, -0.2) is 0 Å². The molecule has 0 unspecified atom stereocenters. The van der Waals surface area contributed by atoms with Gasteiger partial charge in [0.2, 0.25) is 0 Å². The third-order valence-corrected chi connectivity index (χ3v) is 4.46. The Morgan fingerprint density at radius 2 is 1.79 bits per heavy atom. The summed E-state index contributed by atoms with van der Waals surface area (Å²) in [5, 5.41) is 8.92. The standard InChI is InChI=1S/C25H29NO2/c1-3-4-6-9-21-12-14-22(15-13-21)16-17-24(23-10-7-5-8-11-23)18-19-26(2)20-25(27)28/h5,7-8,10-15,18H,3-4,6,9,19-20H2,1-2H3,(H,27,28). The van der Waals surface area contributed by atoms with Crippen LogP contribution in [0.1, 0.15) is 42.9 Å². The van der Waals surface area contributed by atoms with Gasteiger partial charge in [0.05, 0.1) is 6.54 Å². The number of allylic oxidation sites excluding steroid dienone is 1. The summed E-state index contributed by atoms with van der Waals surface area (Å²) >= 11 is 0. The molecule has 3 nitrogen and oxygen atoms in total. The van der Waals surface area contributed by atoms with Crippen molar-refractivity contribution in [1.82, 2.24) is 4.90 Å². The molecule has 0 heterocycles. The molecule has 0 aliphatic rings. The average Bonchev–Trinajstić information content (AvgIpc) is 2.69. The van der Waals surface area contributed by atoms with Gasteiger partial charge in [-0.1, -0.05) is 80.1 Å². The number of unbranched alkanes of at least 4 members (excludes halogenated alkanes) is 2. The van der Waals surface area contributed by atoms with Crippen LogP contribution in [0, 0.1) is 11.8 Å². The molecule has 2 aromatic carbocycles. The van der Waals surface area contributed by atoms with Crippen LogP contribution in [-0.2, 0) is 11.2 Å². The van der Waals surface area contributed by atoms with Crippen molar-refractivity contribution >= 4 is 11.5 Å². The molecule has 0 aromatic heterocycles. The van der Waals surface area contributed by atoms with Crippen LogP contribution in [-0.4, -0.2) is 36.1 Å². The second-order valence-electron chi connectivity index (χ2n) is 6.98. The predicted octanol–water partition coefficient (Wildman–Crippen LogP) is 4.87. The number of nitrogens with zero attached hydrogens (tertiary/aromatic N) is 1. The van der Waals surface area contributed by atoms with Crippen LogP contribution < -0.4 is 0 Å². The molecule has 2 aromatic rings. The van der Waals surface area contributed by atoms with Crippen molar-refractivity contribution in [1.29, 1.82) is 0 Å². The molecule has 2 rings (SSSR count).